The molecule has 0 spiro atoms. The largest absolute Gasteiger partial charge is 0.497 e. The second-order valence-electron chi connectivity index (χ2n) is 7.97. The number of aromatic nitrogens is 2. The van der Waals surface area contributed by atoms with Gasteiger partial charge in [-0.2, -0.15) is 4.98 Å². The molecule has 0 saturated heterocycles. The summed E-state index contributed by atoms with van der Waals surface area (Å²) in [6.45, 7) is 13.2. The van der Waals surface area contributed by atoms with E-state index in [1.54, 1.807) is 7.11 Å². The maximum Gasteiger partial charge on any atom is 0.232 e. The Bertz CT molecular complexity index is 893. The molecule has 0 aliphatic heterocycles. The van der Waals surface area contributed by atoms with Crippen LogP contribution in [0.4, 0.5) is 17.5 Å². The quantitative estimate of drug-likeness (QED) is 0.436. The zero-order chi connectivity index (χ0) is 21.7. The van der Waals surface area contributed by atoms with Crippen molar-refractivity contribution in [1.82, 2.24) is 9.97 Å². The van der Waals surface area contributed by atoms with E-state index in [1.807, 2.05) is 25.1 Å². The fraction of sp³-hybridized carbons (Fsp3) is 0.500. The fourth-order valence-electron chi connectivity index (χ4n) is 4.01. The van der Waals surface area contributed by atoms with E-state index in [0.29, 0.717) is 17.5 Å². The number of fused-ring (bicyclic) bond motifs is 1. The Labute approximate surface area is 185 Å². The molecular weight excluding hydrogens is 396 g/mol. The van der Waals surface area contributed by atoms with Gasteiger partial charge in [0.1, 0.15) is 11.6 Å². The molecule has 1 heterocycles. The van der Waals surface area contributed by atoms with E-state index in [9.17, 15) is 0 Å². The number of halogens is 1. The van der Waals surface area contributed by atoms with Crippen LogP contribution in [0.25, 0.3) is 0 Å². The first-order valence-corrected chi connectivity index (χ1v) is 11.3. The van der Waals surface area contributed by atoms with Crippen molar-refractivity contribution < 1.29 is 4.74 Å². The number of ether oxygens (including phenoxy) is 1. The Morgan fingerprint density at radius 3 is 2.50 bits per heavy atom. The van der Waals surface area contributed by atoms with Crippen molar-refractivity contribution in [2.75, 3.05) is 36.5 Å². The van der Waals surface area contributed by atoms with Crippen LogP contribution in [-0.2, 0) is 12.8 Å². The summed E-state index contributed by atoms with van der Waals surface area (Å²) in [5.41, 5.74) is 4.37. The molecule has 30 heavy (non-hydrogen) atoms. The van der Waals surface area contributed by atoms with E-state index >= 15 is 0 Å². The Balaban J connectivity index is 2.12. The third-order valence-electron chi connectivity index (χ3n) is 5.30. The number of hydrogen-bond donors (Lipinski definition) is 0. The normalized spacial score (nSPS) is 12.6. The van der Waals surface area contributed by atoms with Crippen molar-refractivity contribution in [3.63, 3.8) is 0 Å². The lowest BCUT2D eigenvalue weighted by Gasteiger charge is -2.29. The van der Waals surface area contributed by atoms with Gasteiger partial charge in [0, 0.05) is 31.3 Å². The minimum absolute atomic E-state index is 0.603. The summed E-state index contributed by atoms with van der Waals surface area (Å²) >= 11 is 6.64. The zero-order valence-electron chi connectivity index (χ0n) is 18.7. The molecule has 5 nitrogen and oxygen atoms in total. The lowest BCUT2D eigenvalue weighted by atomic mass is 10.2. The molecule has 0 fully saturated rings. The van der Waals surface area contributed by atoms with E-state index < -0.39 is 0 Å². The highest BCUT2D eigenvalue weighted by molar-refractivity contribution is 6.33. The summed E-state index contributed by atoms with van der Waals surface area (Å²) in [7, 11) is 1.64. The Kier molecular flexibility index (Phi) is 7.59. The molecule has 1 aromatic heterocycles. The number of anilines is 3. The lowest BCUT2D eigenvalue weighted by molar-refractivity contribution is 0.415. The third-order valence-corrected chi connectivity index (χ3v) is 5.60. The molecule has 162 valence electrons. The van der Waals surface area contributed by atoms with Gasteiger partial charge in [0.25, 0.3) is 0 Å². The van der Waals surface area contributed by atoms with Gasteiger partial charge >= 0.3 is 0 Å². The highest BCUT2D eigenvalue weighted by atomic mass is 35.5. The molecule has 0 amide bonds. The first kappa shape index (κ1) is 22.4. The van der Waals surface area contributed by atoms with Crippen LogP contribution in [0.15, 0.2) is 30.4 Å². The average Bonchev–Trinajstić information content (AvgIpc) is 3.20. The Hall–Kier alpha value is -2.27. The number of methoxy groups -OCH3 is 1. The van der Waals surface area contributed by atoms with Gasteiger partial charge in [0.2, 0.25) is 5.95 Å². The average molecular weight is 429 g/mol. The van der Waals surface area contributed by atoms with E-state index in [0.717, 1.165) is 68.0 Å². The Morgan fingerprint density at radius 2 is 1.90 bits per heavy atom. The highest BCUT2D eigenvalue weighted by Gasteiger charge is 2.25. The van der Waals surface area contributed by atoms with Crippen molar-refractivity contribution in [2.24, 2.45) is 0 Å². The molecule has 0 N–H and O–H groups in total. The van der Waals surface area contributed by atoms with Gasteiger partial charge in [0.15, 0.2) is 0 Å². The molecule has 0 radical (unpaired) electrons. The second-order valence-corrected chi connectivity index (χ2v) is 8.38. The maximum absolute atomic E-state index is 6.64. The number of benzene rings is 1. The summed E-state index contributed by atoms with van der Waals surface area (Å²) in [5.74, 6) is 2.51. The molecule has 0 saturated carbocycles. The molecule has 1 aliphatic rings. The molecular formula is C24H33ClN4O. The van der Waals surface area contributed by atoms with Gasteiger partial charge in [-0.3, -0.25) is 0 Å². The smallest absolute Gasteiger partial charge is 0.232 e. The van der Waals surface area contributed by atoms with E-state index in [2.05, 4.69) is 30.2 Å². The minimum atomic E-state index is 0.603. The number of aryl methyl sites for hydroxylation is 1. The topological polar surface area (TPSA) is 41.5 Å². The molecule has 1 aromatic carbocycles. The van der Waals surface area contributed by atoms with Crippen LogP contribution in [0.5, 0.6) is 5.75 Å². The van der Waals surface area contributed by atoms with Gasteiger partial charge in [-0.1, -0.05) is 37.6 Å². The first-order chi connectivity index (χ1) is 14.5. The van der Waals surface area contributed by atoms with Crippen LogP contribution < -0.4 is 14.5 Å². The molecule has 0 bridgehead atoms. The SMILES string of the molecule is C=C(C)CN(c1nc2c(c(N(CCC)CCC)n1)CCC2)c1ccc(OC)cc1Cl. The van der Waals surface area contributed by atoms with E-state index in [4.69, 9.17) is 26.3 Å². The summed E-state index contributed by atoms with van der Waals surface area (Å²) < 4.78 is 5.32. The molecule has 2 aromatic rings. The zero-order valence-corrected chi connectivity index (χ0v) is 19.4. The van der Waals surface area contributed by atoms with Gasteiger partial charge in [-0.05, 0) is 51.2 Å². The monoisotopic (exact) mass is 428 g/mol. The van der Waals surface area contributed by atoms with E-state index in [-0.39, 0.29) is 0 Å². The van der Waals surface area contributed by atoms with Gasteiger partial charge in [-0.15, -0.1) is 0 Å². The second kappa shape index (κ2) is 10.2. The number of hydrogen-bond acceptors (Lipinski definition) is 5. The molecule has 6 heteroatoms. The third kappa shape index (κ3) is 4.89. The van der Waals surface area contributed by atoms with E-state index in [1.165, 1.54) is 11.3 Å². The molecule has 1 aliphatic carbocycles. The molecule has 3 rings (SSSR count). The van der Waals surface area contributed by atoms with Crippen LogP contribution in [0.1, 0.15) is 51.3 Å². The van der Waals surface area contributed by atoms with Crippen molar-refractivity contribution >= 4 is 29.1 Å². The number of nitrogens with zero attached hydrogens (tertiary/aromatic N) is 4. The van der Waals surface area contributed by atoms with Crippen molar-refractivity contribution in [1.29, 1.82) is 0 Å². The minimum Gasteiger partial charge on any atom is -0.497 e. The predicted octanol–water partition coefficient (Wildman–Crippen LogP) is 5.97. The van der Waals surface area contributed by atoms with Crippen LogP contribution in [0.2, 0.25) is 5.02 Å². The van der Waals surface area contributed by atoms with Gasteiger partial charge in [-0.25, -0.2) is 4.98 Å². The molecule has 0 atom stereocenters. The molecule has 0 unspecified atom stereocenters. The fourth-order valence-corrected chi connectivity index (χ4v) is 4.29. The van der Waals surface area contributed by atoms with Crippen LogP contribution in [0.3, 0.4) is 0 Å². The standard InChI is InChI=1S/C24H33ClN4O/c1-6-13-28(14-7-2)23-19-9-8-10-21(19)26-24(27-23)29(16-17(3)4)22-12-11-18(30-5)15-20(22)25/h11-12,15H,3,6-10,13-14,16H2,1-2,4-5H3. The maximum atomic E-state index is 6.64. The van der Waals surface area contributed by atoms with Crippen LogP contribution in [-0.4, -0.2) is 36.7 Å². The summed E-state index contributed by atoms with van der Waals surface area (Å²) in [4.78, 5) is 14.6. The number of rotatable bonds is 10. The highest BCUT2D eigenvalue weighted by Crippen LogP contribution is 2.37. The van der Waals surface area contributed by atoms with Crippen molar-refractivity contribution in [3.8, 4) is 5.75 Å². The lowest BCUT2D eigenvalue weighted by Crippen LogP contribution is -2.29. The van der Waals surface area contributed by atoms with Crippen molar-refractivity contribution in [2.45, 2.75) is 52.9 Å². The summed E-state index contributed by atoms with van der Waals surface area (Å²) in [5, 5.41) is 0.611. The van der Waals surface area contributed by atoms with Gasteiger partial charge in [0.05, 0.1) is 23.5 Å². The Morgan fingerprint density at radius 1 is 1.17 bits per heavy atom. The summed E-state index contributed by atoms with van der Waals surface area (Å²) in [6.07, 6.45) is 5.37. The first-order valence-electron chi connectivity index (χ1n) is 10.9. The summed E-state index contributed by atoms with van der Waals surface area (Å²) in [6, 6.07) is 5.72. The van der Waals surface area contributed by atoms with Crippen LogP contribution in [0, 0.1) is 0 Å². The van der Waals surface area contributed by atoms with Gasteiger partial charge < -0.3 is 14.5 Å². The van der Waals surface area contributed by atoms with Crippen molar-refractivity contribution in [3.05, 3.63) is 46.6 Å². The predicted molar refractivity (Wildman–Crippen MR) is 127 cm³/mol. The van der Waals surface area contributed by atoms with Crippen LogP contribution >= 0.6 is 11.6 Å².